The van der Waals surface area contributed by atoms with E-state index in [9.17, 15) is 9.59 Å². The normalized spacial score (nSPS) is 18.0. The lowest BCUT2D eigenvalue weighted by atomic mass is 10.1. The van der Waals surface area contributed by atoms with Crippen molar-refractivity contribution in [2.24, 2.45) is 0 Å². The van der Waals surface area contributed by atoms with Crippen LogP contribution in [0.25, 0.3) is 10.9 Å². The van der Waals surface area contributed by atoms with Crippen molar-refractivity contribution in [3.63, 3.8) is 0 Å². The van der Waals surface area contributed by atoms with Gasteiger partial charge < -0.3 is 15.6 Å². The average molecular weight is 303 g/mol. The summed E-state index contributed by atoms with van der Waals surface area (Å²) in [6.45, 7) is 2.63. The largest absolute Gasteiger partial charge is 0.361 e. The Hall–Kier alpha value is -1.95. The highest BCUT2D eigenvalue weighted by atomic mass is 32.2. The molecule has 1 aromatic heterocycles. The first-order valence-corrected chi connectivity index (χ1v) is 7.89. The quantitative estimate of drug-likeness (QED) is 0.808. The predicted octanol–water partition coefficient (Wildman–Crippen LogP) is 1.96. The lowest BCUT2D eigenvalue weighted by Crippen LogP contribution is -2.43. The molecule has 0 radical (unpaired) electrons. The maximum atomic E-state index is 11.9. The third-order valence-corrected chi connectivity index (χ3v) is 4.49. The van der Waals surface area contributed by atoms with Gasteiger partial charge in [0.1, 0.15) is 6.04 Å². The number of carbonyl (C=O) groups is 2. The van der Waals surface area contributed by atoms with E-state index in [1.807, 2.05) is 6.20 Å². The lowest BCUT2D eigenvalue weighted by molar-refractivity contribution is -0.122. The minimum Gasteiger partial charge on any atom is -0.361 e. The van der Waals surface area contributed by atoms with Crippen LogP contribution in [0, 0.1) is 6.92 Å². The molecule has 0 saturated carbocycles. The fraction of sp³-hybridized carbons (Fsp3) is 0.333. The number of H-pyrrole nitrogens is 1. The summed E-state index contributed by atoms with van der Waals surface area (Å²) in [6.07, 6.45) is 2.76. The van der Waals surface area contributed by atoms with Crippen molar-refractivity contribution in [1.82, 2.24) is 15.6 Å². The molecule has 1 aromatic carbocycles. The Bertz CT molecular complexity index is 695. The minimum absolute atomic E-state index is 0.107. The van der Waals surface area contributed by atoms with Crippen LogP contribution in [0.2, 0.25) is 0 Å². The maximum absolute atomic E-state index is 11.9. The van der Waals surface area contributed by atoms with Crippen molar-refractivity contribution in [2.75, 3.05) is 12.3 Å². The average Bonchev–Trinajstić information content (AvgIpc) is 3.05. The van der Waals surface area contributed by atoms with Crippen LogP contribution in [0.4, 0.5) is 4.79 Å². The zero-order valence-electron chi connectivity index (χ0n) is 11.7. The van der Waals surface area contributed by atoms with Crippen molar-refractivity contribution >= 4 is 33.8 Å². The topological polar surface area (TPSA) is 74.0 Å². The third-order valence-electron chi connectivity index (χ3n) is 3.61. The number of hydrogen-bond donors (Lipinski definition) is 3. The number of rotatable bonds is 4. The molecule has 0 aliphatic carbocycles. The van der Waals surface area contributed by atoms with Crippen LogP contribution in [0.5, 0.6) is 0 Å². The number of carbonyl (C=O) groups excluding carboxylic acids is 2. The third kappa shape index (κ3) is 3.05. The summed E-state index contributed by atoms with van der Waals surface area (Å²) in [6, 6.07) is 5.91. The summed E-state index contributed by atoms with van der Waals surface area (Å²) < 4.78 is 0. The van der Waals surface area contributed by atoms with Gasteiger partial charge in [-0.15, -0.1) is 0 Å². The van der Waals surface area contributed by atoms with E-state index < -0.39 is 6.04 Å². The molecule has 2 amide bonds. The van der Waals surface area contributed by atoms with E-state index in [4.69, 9.17) is 0 Å². The van der Waals surface area contributed by atoms with Crippen molar-refractivity contribution in [3.05, 3.63) is 35.5 Å². The van der Waals surface area contributed by atoms with Gasteiger partial charge in [0.15, 0.2) is 0 Å². The van der Waals surface area contributed by atoms with Crippen LogP contribution in [0.15, 0.2) is 24.4 Å². The van der Waals surface area contributed by atoms with Gasteiger partial charge in [0.2, 0.25) is 5.91 Å². The van der Waals surface area contributed by atoms with Gasteiger partial charge >= 0.3 is 0 Å². The van der Waals surface area contributed by atoms with Crippen LogP contribution in [0.3, 0.4) is 0 Å². The molecule has 2 aromatic rings. The molecule has 5 nitrogen and oxygen atoms in total. The van der Waals surface area contributed by atoms with Crippen LogP contribution in [-0.2, 0) is 11.2 Å². The Labute approximate surface area is 126 Å². The first-order valence-electron chi connectivity index (χ1n) is 6.91. The van der Waals surface area contributed by atoms with Crippen molar-refractivity contribution in [1.29, 1.82) is 0 Å². The van der Waals surface area contributed by atoms with Gasteiger partial charge in [0, 0.05) is 29.4 Å². The molecule has 0 spiro atoms. The number of amides is 2. The summed E-state index contributed by atoms with van der Waals surface area (Å²) in [5.41, 5.74) is 3.53. The summed E-state index contributed by atoms with van der Waals surface area (Å²) >= 11 is 1.15. The van der Waals surface area contributed by atoms with Gasteiger partial charge in [-0.3, -0.25) is 9.59 Å². The highest BCUT2D eigenvalue weighted by Crippen LogP contribution is 2.19. The Kier molecular flexibility index (Phi) is 3.88. The molecule has 21 heavy (non-hydrogen) atoms. The fourth-order valence-electron chi connectivity index (χ4n) is 2.48. The molecule has 0 bridgehead atoms. The first kappa shape index (κ1) is 14.0. The molecule has 1 saturated heterocycles. The van der Waals surface area contributed by atoms with Crippen molar-refractivity contribution < 1.29 is 9.59 Å². The number of thioether (sulfide) groups is 1. The molecule has 1 aliphatic rings. The second-order valence-electron chi connectivity index (χ2n) is 5.20. The molecule has 1 atom stereocenters. The monoisotopic (exact) mass is 303 g/mol. The van der Waals surface area contributed by atoms with E-state index in [1.54, 1.807) is 0 Å². The Morgan fingerprint density at radius 3 is 3.10 bits per heavy atom. The van der Waals surface area contributed by atoms with E-state index in [-0.39, 0.29) is 11.1 Å². The smallest absolute Gasteiger partial charge is 0.279 e. The van der Waals surface area contributed by atoms with E-state index in [0.29, 0.717) is 12.3 Å². The molecule has 1 aliphatic heterocycles. The van der Waals surface area contributed by atoms with Crippen molar-refractivity contribution in [2.45, 2.75) is 19.4 Å². The van der Waals surface area contributed by atoms with Crippen LogP contribution < -0.4 is 10.6 Å². The maximum Gasteiger partial charge on any atom is 0.279 e. The van der Waals surface area contributed by atoms with Gasteiger partial charge in [-0.05, 0) is 30.5 Å². The minimum atomic E-state index is -0.395. The number of benzene rings is 1. The van der Waals surface area contributed by atoms with Gasteiger partial charge in [0.25, 0.3) is 5.24 Å². The Balaban J connectivity index is 1.57. The molecule has 3 N–H and O–H groups in total. The molecule has 2 heterocycles. The SMILES string of the molecule is Cc1ccc2c(CCNC(=O)[C@@H]3CSC(=O)N3)c[nH]c2c1. The number of fused-ring (bicyclic) bond motifs is 1. The number of aryl methyl sites for hydroxylation is 1. The first-order chi connectivity index (χ1) is 10.1. The van der Waals surface area contributed by atoms with Crippen LogP contribution in [-0.4, -0.2) is 34.5 Å². The van der Waals surface area contributed by atoms with E-state index in [1.165, 1.54) is 16.5 Å². The molecule has 1 fully saturated rings. The summed E-state index contributed by atoms with van der Waals surface area (Å²) in [7, 11) is 0. The highest BCUT2D eigenvalue weighted by molar-refractivity contribution is 8.14. The summed E-state index contributed by atoms with van der Waals surface area (Å²) in [4.78, 5) is 26.2. The number of aromatic amines is 1. The molecule has 0 unspecified atom stereocenters. The number of nitrogens with one attached hydrogen (secondary N) is 3. The van der Waals surface area contributed by atoms with Crippen LogP contribution in [0.1, 0.15) is 11.1 Å². The molecule has 3 rings (SSSR count). The standard InChI is InChI=1S/C15H17N3O2S/c1-9-2-3-11-10(7-17-12(11)6-9)4-5-16-14(19)13-8-21-15(20)18-13/h2-3,6-7,13,17H,4-5,8H2,1H3,(H,16,19)(H,18,20)/t13-/m0/s1. The summed E-state index contributed by atoms with van der Waals surface area (Å²) in [5, 5.41) is 6.59. The molecule has 6 heteroatoms. The Morgan fingerprint density at radius 2 is 2.33 bits per heavy atom. The zero-order valence-corrected chi connectivity index (χ0v) is 12.5. The second-order valence-corrected chi connectivity index (χ2v) is 6.19. The lowest BCUT2D eigenvalue weighted by Gasteiger charge is -2.09. The van der Waals surface area contributed by atoms with Crippen LogP contribution >= 0.6 is 11.8 Å². The van der Waals surface area contributed by atoms with Gasteiger partial charge in [0.05, 0.1) is 0 Å². The highest BCUT2D eigenvalue weighted by Gasteiger charge is 2.27. The number of aromatic nitrogens is 1. The fourth-order valence-corrected chi connectivity index (χ4v) is 3.25. The zero-order chi connectivity index (χ0) is 14.8. The number of hydrogen-bond acceptors (Lipinski definition) is 3. The van der Waals surface area contributed by atoms with Gasteiger partial charge in [-0.25, -0.2) is 0 Å². The Morgan fingerprint density at radius 1 is 1.48 bits per heavy atom. The predicted molar refractivity (Wildman–Crippen MR) is 84.5 cm³/mol. The molecule has 110 valence electrons. The summed E-state index contributed by atoms with van der Waals surface area (Å²) in [5.74, 6) is 0.404. The van der Waals surface area contributed by atoms with E-state index in [2.05, 4.69) is 40.7 Å². The van der Waals surface area contributed by atoms with Gasteiger partial charge in [-0.2, -0.15) is 0 Å². The van der Waals surface area contributed by atoms with E-state index in [0.717, 1.165) is 23.7 Å². The van der Waals surface area contributed by atoms with Crippen molar-refractivity contribution in [3.8, 4) is 0 Å². The van der Waals surface area contributed by atoms with Gasteiger partial charge in [-0.1, -0.05) is 23.9 Å². The second kappa shape index (κ2) is 5.81. The van der Waals surface area contributed by atoms with E-state index >= 15 is 0 Å². The molecular weight excluding hydrogens is 286 g/mol. The molecular formula is C15H17N3O2S.